The molecule has 0 radical (unpaired) electrons. The van der Waals surface area contributed by atoms with Crippen LogP contribution in [-0.2, 0) is 27.5 Å². The number of likely N-dealkylation sites (N-methyl/N-ethyl adjacent to an activating group) is 1. The standard InChI is InChI=1S/C31H44F3N3O6S/c1-21-17-37(22(2)20-38)30(39)27-16-26(35-44(5,40)41)13-14-28(27)43-23(3)8-6-7-15-42-29(21)19-36(4)18-24-9-11-25(12-10-24)31(32,33)34/h9-14,16,21-23,29,35,38H,6-8,15,17-20H2,1-5H3/t21-,22+,23+,29-/m0/s1. The second-order valence-corrected chi connectivity index (χ2v) is 13.5. The average Bonchev–Trinajstić information content (AvgIpc) is 2.93. The van der Waals surface area contributed by atoms with Gasteiger partial charge < -0.3 is 19.5 Å². The number of hydrogen-bond donors (Lipinski definition) is 2. The molecule has 0 aliphatic carbocycles. The molecule has 2 N–H and O–H groups in total. The van der Waals surface area contributed by atoms with Crippen molar-refractivity contribution in [3.63, 3.8) is 0 Å². The molecule has 1 heterocycles. The minimum absolute atomic E-state index is 0.173. The van der Waals surface area contributed by atoms with Crippen LogP contribution < -0.4 is 9.46 Å². The van der Waals surface area contributed by atoms with Crippen LogP contribution in [-0.4, -0.2) is 87.1 Å². The van der Waals surface area contributed by atoms with Crippen LogP contribution in [0, 0.1) is 5.92 Å². The summed E-state index contributed by atoms with van der Waals surface area (Å²) < 4.78 is 77.7. The Morgan fingerprint density at radius 3 is 2.43 bits per heavy atom. The van der Waals surface area contributed by atoms with Crippen LogP contribution in [0.3, 0.4) is 0 Å². The summed E-state index contributed by atoms with van der Waals surface area (Å²) in [7, 11) is -1.74. The van der Waals surface area contributed by atoms with Gasteiger partial charge in [0, 0.05) is 37.8 Å². The van der Waals surface area contributed by atoms with Crippen molar-refractivity contribution in [2.45, 2.75) is 71.0 Å². The van der Waals surface area contributed by atoms with Gasteiger partial charge in [0.2, 0.25) is 10.0 Å². The van der Waals surface area contributed by atoms with Gasteiger partial charge >= 0.3 is 6.18 Å². The molecule has 1 amide bonds. The van der Waals surface area contributed by atoms with Gasteiger partial charge in [0.25, 0.3) is 5.91 Å². The molecule has 0 saturated carbocycles. The topological polar surface area (TPSA) is 108 Å². The number of alkyl halides is 3. The van der Waals surface area contributed by atoms with E-state index >= 15 is 0 Å². The molecule has 9 nitrogen and oxygen atoms in total. The van der Waals surface area contributed by atoms with E-state index in [0.29, 0.717) is 31.9 Å². The third kappa shape index (κ3) is 10.6. The van der Waals surface area contributed by atoms with Gasteiger partial charge in [0.15, 0.2) is 0 Å². The highest BCUT2D eigenvalue weighted by Gasteiger charge is 2.31. The lowest BCUT2D eigenvalue weighted by Crippen LogP contribution is -2.47. The number of halogens is 3. The molecule has 0 fully saturated rings. The molecule has 0 saturated heterocycles. The summed E-state index contributed by atoms with van der Waals surface area (Å²) in [6.45, 7) is 6.84. The summed E-state index contributed by atoms with van der Waals surface area (Å²) in [6, 6.07) is 9.08. The number of rotatable bonds is 8. The zero-order valence-electron chi connectivity index (χ0n) is 25.9. The van der Waals surface area contributed by atoms with Crippen LogP contribution in [0.5, 0.6) is 5.75 Å². The Bertz CT molecular complexity index is 1340. The summed E-state index contributed by atoms with van der Waals surface area (Å²) in [5.41, 5.74) is 0.415. The van der Waals surface area contributed by atoms with Crippen LogP contribution in [0.25, 0.3) is 0 Å². The molecule has 0 spiro atoms. The molecule has 4 atom stereocenters. The number of sulfonamides is 1. The molecule has 44 heavy (non-hydrogen) atoms. The molecule has 3 rings (SSSR count). The Kier molecular flexibility index (Phi) is 12.5. The number of hydrogen-bond acceptors (Lipinski definition) is 7. The van der Waals surface area contributed by atoms with E-state index in [1.54, 1.807) is 24.0 Å². The Morgan fingerprint density at radius 2 is 1.82 bits per heavy atom. The monoisotopic (exact) mass is 643 g/mol. The van der Waals surface area contributed by atoms with Crippen LogP contribution in [0.1, 0.15) is 61.5 Å². The van der Waals surface area contributed by atoms with E-state index in [9.17, 15) is 31.5 Å². The molecule has 246 valence electrons. The first kappa shape index (κ1) is 35.6. The van der Waals surface area contributed by atoms with Gasteiger partial charge in [-0.1, -0.05) is 19.1 Å². The first-order chi connectivity index (χ1) is 20.6. The summed E-state index contributed by atoms with van der Waals surface area (Å²) >= 11 is 0. The van der Waals surface area contributed by atoms with Gasteiger partial charge in [-0.05, 0) is 76.1 Å². The third-order valence-corrected chi connectivity index (χ3v) is 8.19. The van der Waals surface area contributed by atoms with E-state index in [4.69, 9.17) is 9.47 Å². The minimum Gasteiger partial charge on any atom is -0.490 e. The van der Waals surface area contributed by atoms with Gasteiger partial charge in [0.1, 0.15) is 5.75 Å². The maximum absolute atomic E-state index is 14.1. The number of anilines is 1. The number of carbonyl (C=O) groups is 1. The van der Waals surface area contributed by atoms with Crippen LogP contribution >= 0.6 is 0 Å². The van der Waals surface area contributed by atoms with Crippen molar-refractivity contribution in [2.75, 3.05) is 44.3 Å². The van der Waals surface area contributed by atoms with Crippen molar-refractivity contribution in [3.05, 3.63) is 59.2 Å². The Morgan fingerprint density at radius 1 is 1.14 bits per heavy atom. The van der Waals surface area contributed by atoms with Gasteiger partial charge in [-0.2, -0.15) is 13.2 Å². The molecule has 0 unspecified atom stereocenters. The van der Waals surface area contributed by atoms with E-state index in [1.807, 2.05) is 25.8 Å². The second kappa shape index (κ2) is 15.4. The van der Waals surface area contributed by atoms with E-state index < -0.39 is 33.7 Å². The lowest BCUT2D eigenvalue weighted by atomic mass is 10.0. The summed E-state index contributed by atoms with van der Waals surface area (Å²) in [5, 5.41) is 10.1. The number of aliphatic hydroxyl groups is 1. The quantitative estimate of drug-likeness (QED) is 0.417. The normalized spacial score (nSPS) is 21.7. The number of nitrogens with zero attached hydrogens (tertiary/aromatic N) is 2. The maximum atomic E-state index is 14.1. The minimum atomic E-state index is -4.40. The molecule has 0 aromatic heterocycles. The molecule has 0 bridgehead atoms. The van der Waals surface area contributed by atoms with E-state index in [1.165, 1.54) is 18.2 Å². The van der Waals surface area contributed by atoms with Gasteiger partial charge in [-0.15, -0.1) is 0 Å². The largest absolute Gasteiger partial charge is 0.490 e. The van der Waals surface area contributed by atoms with Crippen molar-refractivity contribution in [1.82, 2.24) is 9.80 Å². The summed E-state index contributed by atoms with van der Waals surface area (Å²) in [4.78, 5) is 17.6. The SMILES string of the molecule is C[C@@H]1CCCCO[C@@H](CN(C)Cc2ccc(C(F)(F)F)cc2)[C@@H](C)CN([C@H](C)CO)C(=O)c2cc(NS(C)(=O)=O)ccc2O1. The molecule has 13 heteroatoms. The van der Waals surface area contributed by atoms with E-state index in [2.05, 4.69) is 4.72 Å². The third-order valence-electron chi connectivity index (χ3n) is 7.58. The molecular weight excluding hydrogens is 599 g/mol. The molecule has 1 aliphatic heterocycles. The van der Waals surface area contributed by atoms with Gasteiger partial charge in [-0.25, -0.2) is 8.42 Å². The highest BCUT2D eigenvalue weighted by molar-refractivity contribution is 7.92. The number of carbonyl (C=O) groups excluding carboxylic acids is 1. The highest BCUT2D eigenvalue weighted by Crippen LogP contribution is 2.30. The van der Waals surface area contributed by atoms with Gasteiger partial charge in [0.05, 0.1) is 42.2 Å². The molecule has 2 aromatic carbocycles. The Hall–Kier alpha value is -2.87. The van der Waals surface area contributed by atoms with Crippen LogP contribution in [0.4, 0.5) is 18.9 Å². The predicted octanol–water partition coefficient (Wildman–Crippen LogP) is 5.00. The lowest BCUT2D eigenvalue weighted by molar-refractivity contribution is -0.137. The Labute approximate surface area is 258 Å². The number of nitrogens with one attached hydrogen (secondary N) is 1. The first-order valence-electron chi connectivity index (χ1n) is 14.7. The zero-order chi connectivity index (χ0) is 32.7. The van der Waals surface area contributed by atoms with Crippen LogP contribution in [0.2, 0.25) is 0 Å². The number of amides is 1. The molecule has 1 aliphatic rings. The predicted molar refractivity (Wildman–Crippen MR) is 163 cm³/mol. The average molecular weight is 644 g/mol. The number of benzene rings is 2. The highest BCUT2D eigenvalue weighted by atomic mass is 32.2. The fourth-order valence-corrected chi connectivity index (χ4v) is 5.70. The van der Waals surface area contributed by atoms with Crippen molar-refractivity contribution in [1.29, 1.82) is 0 Å². The van der Waals surface area contributed by atoms with Crippen molar-refractivity contribution < 1.29 is 41.0 Å². The van der Waals surface area contributed by atoms with Crippen LogP contribution in [0.15, 0.2) is 42.5 Å². The Balaban J connectivity index is 1.88. The second-order valence-electron chi connectivity index (χ2n) is 11.8. The summed E-state index contributed by atoms with van der Waals surface area (Å²) in [6.07, 6.45) is -1.64. The first-order valence-corrected chi connectivity index (χ1v) is 16.6. The number of fused-ring (bicyclic) bond motifs is 1. The lowest BCUT2D eigenvalue weighted by Gasteiger charge is -2.36. The molecule has 2 aromatic rings. The van der Waals surface area contributed by atoms with Crippen molar-refractivity contribution in [3.8, 4) is 5.75 Å². The van der Waals surface area contributed by atoms with Gasteiger partial charge in [-0.3, -0.25) is 14.4 Å². The van der Waals surface area contributed by atoms with Crippen molar-refractivity contribution in [2.24, 2.45) is 5.92 Å². The smallest absolute Gasteiger partial charge is 0.416 e. The van der Waals surface area contributed by atoms with E-state index in [-0.39, 0.29) is 42.5 Å². The fourth-order valence-electron chi connectivity index (χ4n) is 5.15. The molecular formula is C31H44F3N3O6S. The zero-order valence-corrected chi connectivity index (χ0v) is 26.7. The van der Waals surface area contributed by atoms with Crippen molar-refractivity contribution >= 4 is 21.6 Å². The summed E-state index contributed by atoms with van der Waals surface area (Å²) in [5.74, 6) is -0.302. The number of ether oxygens (including phenoxy) is 2. The number of aliphatic hydroxyl groups excluding tert-OH is 1. The van der Waals surface area contributed by atoms with E-state index in [0.717, 1.165) is 36.8 Å². The maximum Gasteiger partial charge on any atom is 0.416 e. The fraction of sp³-hybridized carbons (Fsp3) is 0.581.